The third-order valence-corrected chi connectivity index (χ3v) is 11.7. The molecule has 2 fully saturated rings. The summed E-state index contributed by atoms with van der Waals surface area (Å²) < 4.78 is 31.8. The lowest BCUT2D eigenvalue weighted by Crippen LogP contribution is -2.46. The molecule has 0 aromatic heterocycles. The van der Waals surface area contributed by atoms with Gasteiger partial charge in [-0.3, -0.25) is 14.4 Å². The van der Waals surface area contributed by atoms with Crippen molar-refractivity contribution >= 4 is 50.3 Å². The van der Waals surface area contributed by atoms with E-state index in [4.69, 9.17) is 4.28 Å². The number of hydrogen-bond donors (Lipinski definition) is 0. The molecule has 0 saturated heterocycles. The maximum absolute atomic E-state index is 13.4. The number of carbonyl (C=O) groups excluding carboxylic acids is 3. The highest BCUT2D eigenvalue weighted by Gasteiger charge is 2.65. The highest BCUT2D eigenvalue weighted by Crippen LogP contribution is 2.64. The van der Waals surface area contributed by atoms with Crippen LogP contribution in [-0.2, 0) is 19.2 Å². The van der Waals surface area contributed by atoms with Crippen molar-refractivity contribution in [3.8, 4) is 0 Å². The number of hydrogen-bond acceptors (Lipinski definition) is 7. The second kappa shape index (κ2) is 10.6. The summed E-state index contributed by atoms with van der Waals surface area (Å²) in [5, 5.41) is 1.70. The standard InChI is InChI=1S/C30H37NO6S2/c1-4-5-6-7-8-9-17-38-24-14-13-23-26-21(24)11-10-12-22(26)27(33)31(28(23)34)37-39(35,36)19-30-16-15-20(18-25(30)32)29(30,2)3/h10-14,20H,4-9,15-19H2,1-3H3. The molecular weight excluding hydrogens is 534 g/mol. The van der Waals surface area contributed by atoms with Crippen LogP contribution in [0.2, 0.25) is 0 Å². The Labute approximate surface area is 235 Å². The van der Waals surface area contributed by atoms with Gasteiger partial charge in [-0.15, -0.1) is 21.1 Å². The Hall–Kier alpha value is -2.23. The van der Waals surface area contributed by atoms with Crippen molar-refractivity contribution in [2.75, 3.05) is 11.5 Å². The van der Waals surface area contributed by atoms with E-state index in [0.717, 1.165) is 28.9 Å². The van der Waals surface area contributed by atoms with Gasteiger partial charge in [0.2, 0.25) is 0 Å². The maximum atomic E-state index is 13.4. The summed E-state index contributed by atoms with van der Waals surface area (Å²) in [6.07, 6.45) is 8.86. The number of carbonyl (C=O) groups is 3. The predicted octanol–water partition coefficient (Wildman–Crippen LogP) is 6.55. The summed E-state index contributed by atoms with van der Waals surface area (Å²) in [4.78, 5) is 40.7. The molecule has 210 valence electrons. The van der Waals surface area contributed by atoms with Gasteiger partial charge in [0.05, 0.1) is 22.3 Å². The summed E-state index contributed by atoms with van der Waals surface area (Å²) in [5.74, 6) is -1.15. The first-order chi connectivity index (χ1) is 18.5. The van der Waals surface area contributed by atoms with Gasteiger partial charge in [-0.1, -0.05) is 65.0 Å². The Morgan fingerprint density at radius 2 is 1.67 bits per heavy atom. The van der Waals surface area contributed by atoms with Crippen molar-refractivity contribution in [2.45, 2.75) is 83.5 Å². The highest BCUT2D eigenvalue weighted by atomic mass is 32.2. The molecule has 2 amide bonds. The molecule has 0 N–H and O–H groups in total. The fourth-order valence-corrected chi connectivity index (χ4v) is 9.61. The zero-order valence-electron chi connectivity index (χ0n) is 23.0. The van der Waals surface area contributed by atoms with Crippen molar-refractivity contribution in [1.29, 1.82) is 0 Å². The van der Waals surface area contributed by atoms with Crippen LogP contribution in [0.3, 0.4) is 0 Å². The molecule has 3 aliphatic rings. The lowest BCUT2D eigenvalue weighted by atomic mass is 9.70. The molecule has 2 aromatic rings. The topological polar surface area (TPSA) is 97.8 Å². The number of rotatable bonds is 12. The molecule has 2 aliphatic carbocycles. The molecule has 2 aromatic carbocycles. The van der Waals surface area contributed by atoms with Crippen molar-refractivity contribution in [1.82, 2.24) is 5.06 Å². The smallest absolute Gasteiger partial charge is 0.289 e. The van der Waals surface area contributed by atoms with Gasteiger partial charge >= 0.3 is 0 Å². The molecule has 2 atom stereocenters. The molecular formula is C30H37NO6S2. The molecule has 0 radical (unpaired) electrons. The third kappa shape index (κ3) is 4.84. The van der Waals surface area contributed by atoms with Crippen LogP contribution in [0.1, 0.15) is 99.3 Å². The lowest BCUT2D eigenvalue weighted by Gasteiger charge is -2.36. The van der Waals surface area contributed by atoms with Gasteiger partial charge in [0, 0.05) is 16.7 Å². The molecule has 2 unspecified atom stereocenters. The molecule has 5 rings (SSSR count). The largest absolute Gasteiger partial charge is 0.299 e. The van der Waals surface area contributed by atoms with Gasteiger partial charge in [0.25, 0.3) is 21.9 Å². The molecule has 2 bridgehead atoms. The van der Waals surface area contributed by atoms with Crippen molar-refractivity contribution in [2.24, 2.45) is 16.7 Å². The number of nitrogens with zero attached hydrogens (tertiary/aromatic N) is 1. The third-order valence-electron chi connectivity index (χ3n) is 9.34. The predicted molar refractivity (Wildman–Crippen MR) is 152 cm³/mol. The molecule has 39 heavy (non-hydrogen) atoms. The highest BCUT2D eigenvalue weighted by molar-refractivity contribution is 7.99. The van der Waals surface area contributed by atoms with E-state index in [1.54, 1.807) is 30.0 Å². The van der Waals surface area contributed by atoms with Crippen molar-refractivity contribution in [3.05, 3.63) is 41.5 Å². The fourth-order valence-electron chi connectivity index (χ4n) is 6.86. The zero-order valence-corrected chi connectivity index (χ0v) is 24.6. The van der Waals surface area contributed by atoms with Crippen LogP contribution in [0.4, 0.5) is 0 Å². The Morgan fingerprint density at radius 3 is 2.33 bits per heavy atom. The Morgan fingerprint density at radius 1 is 0.974 bits per heavy atom. The minimum absolute atomic E-state index is 0.0756. The summed E-state index contributed by atoms with van der Waals surface area (Å²) >= 11 is 1.71. The monoisotopic (exact) mass is 571 g/mol. The number of thioether (sulfide) groups is 1. The number of imide groups is 1. The number of hydroxylamine groups is 2. The molecule has 7 nitrogen and oxygen atoms in total. The van der Waals surface area contributed by atoms with Crippen molar-refractivity contribution in [3.63, 3.8) is 0 Å². The average molecular weight is 572 g/mol. The van der Waals surface area contributed by atoms with Crippen LogP contribution in [-0.4, -0.2) is 42.6 Å². The van der Waals surface area contributed by atoms with E-state index in [-0.39, 0.29) is 22.8 Å². The van der Waals surface area contributed by atoms with Gasteiger partial charge in [0.1, 0.15) is 5.78 Å². The van der Waals surface area contributed by atoms with E-state index in [9.17, 15) is 22.8 Å². The van der Waals surface area contributed by atoms with Gasteiger partial charge < -0.3 is 0 Å². The normalized spacial score (nSPS) is 23.8. The summed E-state index contributed by atoms with van der Waals surface area (Å²) in [7, 11) is -4.42. The Bertz CT molecular complexity index is 1410. The lowest BCUT2D eigenvalue weighted by molar-refractivity contribution is -0.128. The number of amides is 2. The number of ketones is 1. The summed E-state index contributed by atoms with van der Waals surface area (Å²) in [5.41, 5.74) is -1.08. The molecule has 9 heteroatoms. The number of fused-ring (bicyclic) bond motifs is 2. The molecule has 1 aliphatic heterocycles. The van der Waals surface area contributed by atoms with Gasteiger partial charge in [-0.05, 0) is 59.9 Å². The molecule has 2 saturated carbocycles. The van der Waals surface area contributed by atoms with Crippen LogP contribution in [0.5, 0.6) is 0 Å². The first kappa shape index (κ1) is 28.3. The van der Waals surface area contributed by atoms with Crippen LogP contribution in [0.15, 0.2) is 35.2 Å². The van der Waals surface area contributed by atoms with E-state index < -0.39 is 38.5 Å². The SMILES string of the molecule is CCCCCCCCSc1ccc2c3c(cccc13)C(=O)N(OS(=O)(=O)CC13CCC(CC1=O)C3(C)C)C2=O. The van der Waals surface area contributed by atoms with E-state index in [1.165, 1.54) is 32.1 Å². The quantitative estimate of drug-likeness (QED) is 0.162. The summed E-state index contributed by atoms with van der Waals surface area (Å²) in [6, 6.07) is 8.74. The van der Waals surface area contributed by atoms with Crippen LogP contribution >= 0.6 is 11.8 Å². The van der Waals surface area contributed by atoms with E-state index in [1.807, 2.05) is 26.0 Å². The Kier molecular flexibility index (Phi) is 7.72. The first-order valence-electron chi connectivity index (χ1n) is 14.1. The second-order valence-electron chi connectivity index (χ2n) is 11.8. The van der Waals surface area contributed by atoms with Gasteiger partial charge in [-0.2, -0.15) is 8.42 Å². The van der Waals surface area contributed by atoms with Crippen molar-refractivity contribution < 1.29 is 27.1 Å². The molecule has 1 heterocycles. The summed E-state index contributed by atoms with van der Waals surface area (Å²) in [6.45, 7) is 6.07. The van der Waals surface area contributed by atoms with Gasteiger partial charge in [-0.25, -0.2) is 0 Å². The number of unbranched alkanes of at least 4 members (excludes halogenated alkanes) is 5. The van der Waals surface area contributed by atoms with Crippen LogP contribution in [0.25, 0.3) is 10.8 Å². The van der Waals surface area contributed by atoms with E-state index in [0.29, 0.717) is 23.3 Å². The Balaban J connectivity index is 1.34. The maximum Gasteiger partial charge on any atom is 0.289 e. The van der Waals surface area contributed by atoms with Crippen LogP contribution in [0, 0.1) is 16.7 Å². The zero-order chi connectivity index (χ0) is 28.0. The van der Waals surface area contributed by atoms with E-state index >= 15 is 0 Å². The van der Waals surface area contributed by atoms with Gasteiger partial charge in [0.15, 0.2) is 0 Å². The van der Waals surface area contributed by atoms with E-state index in [2.05, 4.69) is 6.92 Å². The number of benzene rings is 2. The minimum atomic E-state index is -4.42. The fraction of sp³-hybridized carbons (Fsp3) is 0.567. The first-order valence-corrected chi connectivity index (χ1v) is 16.6. The molecule has 0 spiro atoms. The second-order valence-corrected chi connectivity index (χ2v) is 14.5. The number of Topliss-reactive ketones (excluding diaryl/α,β-unsaturated/α-hetero) is 1. The van der Waals surface area contributed by atoms with Crippen LogP contribution < -0.4 is 0 Å². The average Bonchev–Trinajstić information content (AvgIpc) is 3.23. The minimum Gasteiger partial charge on any atom is -0.299 e.